The molecule has 0 fully saturated rings. The van der Waals surface area contributed by atoms with E-state index in [-0.39, 0.29) is 18.0 Å². The van der Waals surface area contributed by atoms with Gasteiger partial charge in [-0.05, 0) is 29.8 Å². The maximum atomic E-state index is 11.7. The van der Waals surface area contributed by atoms with Gasteiger partial charge in [0.15, 0.2) is 0 Å². The number of ether oxygens (including phenoxy) is 1. The fraction of sp³-hybridized carbons (Fsp3) is 0.0667. The Morgan fingerprint density at radius 1 is 1.05 bits per heavy atom. The molecule has 0 heterocycles. The predicted octanol–water partition coefficient (Wildman–Crippen LogP) is 2.82. The number of benzene rings is 2. The third kappa shape index (κ3) is 3.73. The summed E-state index contributed by atoms with van der Waals surface area (Å²) in [5, 5.41) is 18.4. The molecule has 106 valence electrons. The van der Waals surface area contributed by atoms with Gasteiger partial charge in [-0.3, -0.25) is 10.1 Å². The van der Waals surface area contributed by atoms with Crippen LogP contribution in [0.3, 0.4) is 0 Å². The molecule has 6 nitrogen and oxygen atoms in total. The van der Waals surface area contributed by atoms with Crippen LogP contribution in [0.1, 0.15) is 15.9 Å². The molecule has 1 N–H and O–H groups in total. The van der Waals surface area contributed by atoms with E-state index in [9.17, 15) is 14.9 Å². The molecule has 0 saturated heterocycles. The van der Waals surface area contributed by atoms with E-state index in [1.54, 1.807) is 30.3 Å². The van der Waals surface area contributed by atoms with Gasteiger partial charge < -0.3 is 10.1 Å². The first-order valence-corrected chi connectivity index (χ1v) is 6.12. The van der Waals surface area contributed by atoms with Crippen molar-refractivity contribution in [1.29, 1.82) is 5.41 Å². The van der Waals surface area contributed by atoms with Crippen molar-refractivity contribution in [2.45, 2.75) is 0 Å². The predicted molar refractivity (Wildman–Crippen MR) is 76.6 cm³/mol. The number of nitrogens with one attached hydrogen (secondary N) is 1. The van der Waals surface area contributed by atoms with Crippen LogP contribution in [-0.4, -0.2) is 23.2 Å². The van der Waals surface area contributed by atoms with Crippen LogP contribution in [0.2, 0.25) is 0 Å². The van der Waals surface area contributed by atoms with Crippen LogP contribution in [0.5, 0.6) is 0 Å². The zero-order valence-corrected chi connectivity index (χ0v) is 11.0. The third-order valence-electron chi connectivity index (χ3n) is 2.78. The number of carbonyl (C=O) groups is 1. The minimum absolute atomic E-state index is 0.0483. The minimum Gasteiger partial charge on any atom is -0.456 e. The summed E-state index contributed by atoms with van der Waals surface area (Å²) in [5.74, 6) is -0.512. The van der Waals surface area contributed by atoms with Gasteiger partial charge in [-0.2, -0.15) is 0 Å². The number of esters is 1. The Hall–Kier alpha value is -3.02. The summed E-state index contributed by atoms with van der Waals surface area (Å²) in [4.78, 5) is 21.7. The van der Waals surface area contributed by atoms with Crippen LogP contribution < -0.4 is 0 Å². The second-order valence-electron chi connectivity index (χ2n) is 4.22. The van der Waals surface area contributed by atoms with Crippen molar-refractivity contribution in [2.24, 2.45) is 0 Å². The fourth-order valence-corrected chi connectivity index (χ4v) is 1.66. The van der Waals surface area contributed by atoms with Gasteiger partial charge in [0.1, 0.15) is 6.61 Å². The first-order valence-electron chi connectivity index (χ1n) is 6.12. The van der Waals surface area contributed by atoms with Gasteiger partial charge in [0.2, 0.25) is 0 Å². The van der Waals surface area contributed by atoms with Gasteiger partial charge in [0.05, 0.1) is 16.2 Å². The van der Waals surface area contributed by atoms with Crippen LogP contribution in [0, 0.1) is 15.5 Å². The normalized spacial score (nSPS) is 9.90. The maximum Gasteiger partial charge on any atom is 0.338 e. The van der Waals surface area contributed by atoms with Gasteiger partial charge >= 0.3 is 5.97 Å². The minimum atomic E-state index is -0.512. The van der Waals surface area contributed by atoms with E-state index in [2.05, 4.69) is 0 Å². The molecule has 6 heteroatoms. The van der Waals surface area contributed by atoms with Crippen molar-refractivity contribution in [3.05, 3.63) is 75.8 Å². The average molecular weight is 284 g/mol. The molecule has 2 aromatic carbocycles. The lowest BCUT2D eigenvalue weighted by Crippen LogP contribution is -2.14. The molecule has 0 unspecified atom stereocenters. The molecule has 2 aromatic rings. The molecule has 0 atom stereocenters. The van der Waals surface area contributed by atoms with Crippen LogP contribution in [-0.2, 0) is 4.74 Å². The highest BCUT2D eigenvalue weighted by Gasteiger charge is 2.10. The van der Waals surface area contributed by atoms with Gasteiger partial charge in [0.25, 0.3) is 5.69 Å². The third-order valence-corrected chi connectivity index (χ3v) is 2.78. The Labute approximate surface area is 120 Å². The van der Waals surface area contributed by atoms with Gasteiger partial charge in [0, 0.05) is 12.1 Å². The number of hydrogen-bond donors (Lipinski definition) is 1. The van der Waals surface area contributed by atoms with E-state index < -0.39 is 10.9 Å². The monoisotopic (exact) mass is 284 g/mol. The van der Waals surface area contributed by atoms with Crippen molar-refractivity contribution in [2.75, 3.05) is 6.61 Å². The number of nitro groups is 1. The number of hydrogen-bond acceptors (Lipinski definition) is 5. The second kappa shape index (κ2) is 6.42. The highest BCUT2D eigenvalue weighted by Crippen LogP contribution is 2.12. The first kappa shape index (κ1) is 14.4. The lowest BCUT2D eigenvalue weighted by Gasteiger charge is -2.06. The molecular weight excluding hydrogens is 272 g/mol. The SMILES string of the molecule is N=C(COC(=O)c1ccccc1)c1ccc([N+](=O)[O-])cc1. The summed E-state index contributed by atoms with van der Waals surface area (Å²) in [6, 6.07) is 14.0. The molecule has 0 aromatic heterocycles. The van der Waals surface area contributed by atoms with E-state index in [0.717, 1.165) is 0 Å². The Bertz CT molecular complexity index is 666. The molecule has 0 aliphatic rings. The highest BCUT2D eigenvalue weighted by molar-refractivity contribution is 6.01. The topological polar surface area (TPSA) is 93.3 Å². The molecule has 0 saturated carbocycles. The van der Waals surface area contributed by atoms with Crippen LogP contribution >= 0.6 is 0 Å². The summed E-state index contributed by atoms with van der Waals surface area (Å²) < 4.78 is 5.02. The zero-order valence-electron chi connectivity index (χ0n) is 11.0. The summed E-state index contributed by atoms with van der Waals surface area (Å²) in [5.41, 5.74) is 0.914. The molecule has 0 spiro atoms. The Morgan fingerprint density at radius 3 is 2.24 bits per heavy atom. The molecule has 0 amide bonds. The number of nitrogens with zero attached hydrogens (tertiary/aromatic N) is 1. The Kier molecular flexibility index (Phi) is 4.40. The summed E-state index contributed by atoms with van der Waals surface area (Å²) in [7, 11) is 0. The fourth-order valence-electron chi connectivity index (χ4n) is 1.66. The quantitative estimate of drug-likeness (QED) is 0.395. The first-order chi connectivity index (χ1) is 10.1. The molecule has 0 radical (unpaired) electrons. The van der Waals surface area contributed by atoms with Crippen LogP contribution in [0.15, 0.2) is 54.6 Å². The van der Waals surface area contributed by atoms with E-state index in [1.165, 1.54) is 24.3 Å². The van der Waals surface area contributed by atoms with Crippen LogP contribution in [0.4, 0.5) is 5.69 Å². The van der Waals surface area contributed by atoms with E-state index in [0.29, 0.717) is 11.1 Å². The van der Waals surface area contributed by atoms with Crippen molar-refractivity contribution in [3.63, 3.8) is 0 Å². The number of non-ortho nitro benzene ring substituents is 1. The second-order valence-corrected chi connectivity index (χ2v) is 4.22. The molecule has 0 bridgehead atoms. The summed E-state index contributed by atoms with van der Waals surface area (Å²) in [6.07, 6.45) is 0. The van der Waals surface area contributed by atoms with E-state index in [4.69, 9.17) is 10.1 Å². The van der Waals surface area contributed by atoms with Crippen molar-refractivity contribution < 1.29 is 14.5 Å². The smallest absolute Gasteiger partial charge is 0.338 e. The maximum absolute atomic E-state index is 11.7. The number of carbonyl (C=O) groups excluding carboxylic acids is 1. The van der Waals surface area contributed by atoms with Crippen molar-refractivity contribution in [1.82, 2.24) is 0 Å². The lowest BCUT2D eigenvalue weighted by atomic mass is 10.1. The summed E-state index contributed by atoms with van der Waals surface area (Å²) >= 11 is 0. The zero-order chi connectivity index (χ0) is 15.2. The van der Waals surface area contributed by atoms with E-state index in [1.807, 2.05) is 0 Å². The molecular formula is C15H12N2O4. The lowest BCUT2D eigenvalue weighted by molar-refractivity contribution is -0.384. The van der Waals surface area contributed by atoms with Crippen molar-refractivity contribution in [3.8, 4) is 0 Å². The van der Waals surface area contributed by atoms with Gasteiger partial charge in [-0.1, -0.05) is 18.2 Å². The van der Waals surface area contributed by atoms with Gasteiger partial charge in [-0.15, -0.1) is 0 Å². The van der Waals surface area contributed by atoms with Gasteiger partial charge in [-0.25, -0.2) is 4.79 Å². The summed E-state index contributed by atoms with van der Waals surface area (Å²) in [6.45, 7) is -0.189. The molecule has 0 aliphatic carbocycles. The highest BCUT2D eigenvalue weighted by atomic mass is 16.6. The molecule has 21 heavy (non-hydrogen) atoms. The average Bonchev–Trinajstić information content (AvgIpc) is 2.53. The largest absolute Gasteiger partial charge is 0.456 e. The van der Waals surface area contributed by atoms with E-state index >= 15 is 0 Å². The molecule has 0 aliphatic heterocycles. The number of rotatable bonds is 5. The Morgan fingerprint density at radius 2 is 1.67 bits per heavy atom. The number of nitro benzene ring substituents is 1. The van der Waals surface area contributed by atoms with Crippen LogP contribution in [0.25, 0.3) is 0 Å². The Balaban J connectivity index is 1.96. The van der Waals surface area contributed by atoms with Crippen molar-refractivity contribution >= 4 is 17.4 Å². The standard InChI is InChI=1S/C15H12N2O4/c16-14(11-6-8-13(9-7-11)17(19)20)10-21-15(18)12-4-2-1-3-5-12/h1-9,16H,10H2. The molecule has 2 rings (SSSR count).